The van der Waals surface area contributed by atoms with Crippen molar-refractivity contribution in [3.8, 4) is 0 Å². The Morgan fingerprint density at radius 3 is 2.25 bits per heavy atom. The zero-order valence-corrected chi connectivity index (χ0v) is 11.2. The van der Waals surface area contributed by atoms with Gasteiger partial charge in [0.25, 0.3) is 0 Å². The molecule has 4 nitrogen and oxygen atoms in total. The third kappa shape index (κ3) is 7.51. The summed E-state index contributed by atoms with van der Waals surface area (Å²) in [4.78, 5) is 11.5. The fourth-order valence-corrected chi connectivity index (χ4v) is 1.33. The molecule has 1 amide bonds. The minimum Gasteiger partial charge on any atom is -0.444 e. The number of carbonyl (C=O) groups excluding carboxylic acids is 1. The van der Waals surface area contributed by atoms with E-state index in [-0.39, 0.29) is 18.2 Å². The van der Waals surface area contributed by atoms with Crippen LogP contribution in [0.25, 0.3) is 0 Å². The number of amides is 1. The van der Waals surface area contributed by atoms with Crippen molar-refractivity contribution in [1.29, 1.82) is 0 Å². The number of rotatable bonds is 5. The van der Waals surface area contributed by atoms with E-state index in [1.54, 1.807) is 0 Å². The smallest absolute Gasteiger partial charge is 0.407 e. The summed E-state index contributed by atoms with van der Waals surface area (Å²) in [5, 5.41) is 2.85. The van der Waals surface area contributed by atoms with Crippen LogP contribution in [0.1, 0.15) is 53.9 Å². The van der Waals surface area contributed by atoms with Gasteiger partial charge in [-0.2, -0.15) is 0 Å². The largest absolute Gasteiger partial charge is 0.444 e. The maximum atomic E-state index is 11.5. The Bertz CT molecular complexity index is 212. The number of nitrogens with one attached hydrogen (secondary N) is 1. The summed E-state index contributed by atoms with van der Waals surface area (Å²) in [5.41, 5.74) is 5.41. The molecule has 0 saturated heterocycles. The Labute approximate surface area is 98.9 Å². The molecule has 0 aromatic rings. The van der Waals surface area contributed by atoms with E-state index in [0.29, 0.717) is 0 Å². The molecule has 0 aromatic carbocycles. The van der Waals surface area contributed by atoms with Gasteiger partial charge in [0, 0.05) is 12.1 Å². The van der Waals surface area contributed by atoms with Crippen molar-refractivity contribution < 1.29 is 9.53 Å². The highest BCUT2D eigenvalue weighted by Crippen LogP contribution is 2.09. The van der Waals surface area contributed by atoms with E-state index in [2.05, 4.69) is 5.32 Å². The summed E-state index contributed by atoms with van der Waals surface area (Å²) in [5.74, 6) is 0. The number of ether oxygens (including phenoxy) is 1. The third-order valence-corrected chi connectivity index (χ3v) is 2.33. The summed E-state index contributed by atoms with van der Waals surface area (Å²) in [6.07, 6.45) is 2.23. The van der Waals surface area contributed by atoms with E-state index in [4.69, 9.17) is 10.5 Å². The van der Waals surface area contributed by atoms with E-state index in [9.17, 15) is 4.79 Å². The molecule has 0 rings (SSSR count). The summed E-state index contributed by atoms with van der Waals surface area (Å²) in [6.45, 7) is 9.64. The first kappa shape index (κ1) is 15.2. The SMILES string of the molecule is CC[C@@H](N)C[C@H](CC)NC(=O)OC(C)(C)C. The minimum absolute atomic E-state index is 0.102. The first-order valence-corrected chi connectivity index (χ1v) is 6.03. The molecule has 0 spiro atoms. The van der Waals surface area contributed by atoms with Crippen LogP contribution >= 0.6 is 0 Å². The Morgan fingerprint density at radius 2 is 1.88 bits per heavy atom. The van der Waals surface area contributed by atoms with Gasteiger partial charge in [-0.25, -0.2) is 4.79 Å². The molecular weight excluding hydrogens is 204 g/mol. The van der Waals surface area contributed by atoms with E-state index < -0.39 is 5.60 Å². The van der Waals surface area contributed by atoms with Crippen LogP contribution in [0.5, 0.6) is 0 Å². The molecule has 3 N–H and O–H groups in total. The van der Waals surface area contributed by atoms with E-state index >= 15 is 0 Å². The average molecular weight is 230 g/mol. The van der Waals surface area contributed by atoms with Crippen molar-refractivity contribution in [2.24, 2.45) is 5.73 Å². The molecule has 0 heterocycles. The van der Waals surface area contributed by atoms with Crippen molar-refractivity contribution in [2.45, 2.75) is 71.6 Å². The van der Waals surface area contributed by atoms with Crippen LogP contribution in [0, 0.1) is 0 Å². The van der Waals surface area contributed by atoms with Gasteiger partial charge in [0.2, 0.25) is 0 Å². The van der Waals surface area contributed by atoms with Gasteiger partial charge < -0.3 is 15.8 Å². The Kier molecular flexibility index (Phi) is 6.41. The Morgan fingerprint density at radius 1 is 1.31 bits per heavy atom. The van der Waals surface area contributed by atoms with Crippen LogP contribution in [-0.4, -0.2) is 23.8 Å². The lowest BCUT2D eigenvalue weighted by Gasteiger charge is -2.24. The molecule has 0 bridgehead atoms. The van der Waals surface area contributed by atoms with E-state index in [1.165, 1.54) is 0 Å². The van der Waals surface area contributed by atoms with Gasteiger partial charge in [-0.15, -0.1) is 0 Å². The van der Waals surface area contributed by atoms with Gasteiger partial charge in [0.1, 0.15) is 5.60 Å². The van der Waals surface area contributed by atoms with Crippen LogP contribution in [-0.2, 0) is 4.74 Å². The topological polar surface area (TPSA) is 64.3 Å². The second kappa shape index (κ2) is 6.74. The lowest BCUT2D eigenvalue weighted by Crippen LogP contribution is -2.41. The highest BCUT2D eigenvalue weighted by molar-refractivity contribution is 5.68. The van der Waals surface area contributed by atoms with Crippen molar-refractivity contribution in [2.75, 3.05) is 0 Å². The molecule has 0 aliphatic heterocycles. The van der Waals surface area contributed by atoms with Gasteiger partial charge in [-0.3, -0.25) is 0 Å². The number of carbonyl (C=O) groups is 1. The van der Waals surface area contributed by atoms with Crippen molar-refractivity contribution >= 4 is 6.09 Å². The molecule has 0 fully saturated rings. The van der Waals surface area contributed by atoms with Crippen molar-refractivity contribution in [3.05, 3.63) is 0 Å². The van der Waals surface area contributed by atoms with Gasteiger partial charge in [0.05, 0.1) is 0 Å². The molecule has 0 radical (unpaired) electrons. The maximum absolute atomic E-state index is 11.5. The normalized spacial score (nSPS) is 15.4. The molecular formula is C12H26N2O2. The molecule has 96 valence electrons. The van der Waals surface area contributed by atoms with Crippen LogP contribution in [0.4, 0.5) is 4.79 Å². The molecule has 16 heavy (non-hydrogen) atoms. The van der Waals surface area contributed by atoms with Crippen molar-refractivity contribution in [1.82, 2.24) is 5.32 Å². The monoisotopic (exact) mass is 230 g/mol. The molecule has 4 heteroatoms. The highest BCUT2D eigenvalue weighted by atomic mass is 16.6. The van der Waals surface area contributed by atoms with Crippen LogP contribution in [0.2, 0.25) is 0 Å². The second-order valence-corrected chi connectivity index (χ2v) is 5.16. The highest BCUT2D eigenvalue weighted by Gasteiger charge is 2.19. The number of hydrogen-bond donors (Lipinski definition) is 2. The van der Waals surface area contributed by atoms with Crippen molar-refractivity contribution in [3.63, 3.8) is 0 Å². The fraction of sp³-hybridized carbons (Fsp3) is 0.917. The molecule has 2 atom stereocenters. The van der Waals surface area contributed by atoms with Crippen LogP contribution in [0.15, 0.2) is 0 Å². The van der Waals surface area contributed by atoms with Gasteiger partial charge in [-0.05, 0) is 40.0 Å². The van der Waals surface area contributed by atoms with E-state index in [1.807, 2.05) is 34.6 Å². The minimum atomic E-state index is -0.449. The zero-order valence-electron chi connectivity index (χ0n) is 11.2. The lowest BCUT2D eigenvalue weighted by atomic mass is 10.0. The average Bonchev–Trinajstić information content (AvgIpc) is 2.13. The van der Waals surface area contributed by atoms with Crippen LogP contribution < -0.4 is 11.1 Å². The number of nitrogens with two attached hydrogens (primary N) is 1. The quantitative estimate of drug-likeness (QED) is 0.762. The zero-order chi connectivity index (χ0) is 12.8. The number of hydrogen-bond acceptors (Lipinski definition) is 3. The summed E-state index contributed by atoms with van der Waals surface area (Å²) in [7, 11) is 0. The van der Waals surface area contributed by atoms with Gasteiger partial charge in [-0.1, -0.05) is 13.8 Å². The lowest BCUT2D eigenvalue weighted by molar-refractivity contribution is 0.0498. The first-order valence-electron chi connectivity index (χ1n) is 6.03. The van der Waals surface area contributed by atoms with Gasteiger partial charge >= 0.3 is 6.09 Å². The first-order chi connectivity index (χ1) is 7.28. The van der Waals surface area contributed by atoms with E-state index in [0.717, 1.165) is 19.3 Å². The predicted octanol–water partition coefficient (Wildman–Crippen LogP) is 2.42. The third-order valence-electron chi connectivity index (χ3n) is 2.33. The fourth-order valence-electron chi connectivity index (χ4n) is 1.33. The van der Waals surface area contributed by atoms with Crippen LogP contribution in [0.3, 0.4) is 0 Å². The Balaban J connectivity index is 4.07. The standard InChI is InChI=1S/C12H26N2O2/c1-6-9(13)8-10(7-2)14-11(15)16-12(3,4)5/h9-10H,6-8,13H2,1-5H3,(H,14,15)/t9-,10+/m1/s1. The molecule has 0 saturated carbocycles. The molecule has 0 aliphatic carbocycles. The maximum Gasteiger partial charge on any atom is 0.407 e. The summed E-state index contributed by atoms with van der Waals surface area (Å²) in [6, 6.07) is 0.240. The summed E-state index contributed by atoms with van der Waals surface area (Å²) >= 11 is 0. The second-order valence-electron chi connectivity index (χ2n) is 5.16. The molecule has 0 unspecified atom stereocenters. The summed E-state index contributed by atoms with van der Waals surface area (Å²) < 4.78 is 5.19. The van der Waals surface area contributed by atoms with Gasteiger partial charge in [0.15, 0.2) is 0 Å². The molecule has 0 aliphatic rings. The predicted molar refractivity (Wildman–Crippen MR) is 66.3 cm³/mol. The number of alkyl carbamates (subject to hydrolysis) is 1. The Hall–Kier alpha value is -0.770. The molecule has 0 aromatic heterocycles.